The first kappa shape index (κ1) is 14.8. The standard InChI is InChI=1S/C15H12ClN3O2/c16-13-5-2-11(3-6-13)15-12(4-7-14(20)21)10-19(18-15)9-1-8-17/h2-7,10H,1,9H2,(H,20,21)/p-1/b7-4+. The minimum Gasteiger partial charge on any atom is -0.545 e. The molecule has 0 aliphatic carbocycles. The van der Waals surface area contributed by atoms with Gasteiger partial charge in [-0.3, -0.25) is 4.68 Å². The van der Waals surface area contributed by atoms with Gasteiger partial charge in [0.25, 0.3) is 0 Å². The van der Waals surface area contributed by atoms with Crippen molar-refractivity contribution in [2.75, 3.05) is 0 Å². The van der Waals surface area contributed by atoms with Crippen molar-refractivity contribution in [3.8, 4) is 17.3 Å². The number of aromatic nitrogens is 2. The summed E-state index contributed by atoms with van der Waals surface area (Å²) in [5.74, 6) is -1.28. The van der Waals surface area contributed by atoms with Gasteiger partial charge >= 0.3 is 0 Å². The maximum atomic E-state index is 10.6. The van der Waals surface area contributed by atoms with Crippen molar-refractivity contribution in [2.45, 2.75) is 13.0 Å². The van der Waals surface area contributed by atoms with E-state index in [0.29, 0.717) is 29.2 Å². The summed E-state index contributed by atoms with van der Waals surface area (Å²) in [7, 11) is 0. The van der Waals surface area contributed by atoms with Gasteiger partial charge in [0.15, 0.2) is 0 Å². The molecule has 0 amide bonds. The van der Waals surface area contributed by atoms with Crippen LogP contribution in [-0.4, -0.2) is 15.7 Å². The van der Waals surface area contributed by atoms with Crippen molar-refractivity contribution < 1.29 is 9.90 Å². The van der Waals surface area contributed by atoms with E-state index < -0.39 is 5.97 Å². The molecule has 0 atom stereocenters. The molecule has 0 radical (unpaired) electrons. The molecule has 0 bridgehead atoms. The molecule has 0 aliphatic rings. The number of carbonyl (C=O) groups excluding carboxylic acids is 1. The third-order valence-corrected chi connectivity index (χ3v) is 3.01. The highest BCUT2D eigenvalue weighted by molar-refractivity contribution is 6.30. The summed E-state index contributed by atoms with van der Waals surface area (Å²) in [5.41, 5.74) is 2.08. The average Bonchev–Trinajstić information content (AvgIpc) is 2.87. The molecule has 0 saturated heterocycles. The Kier molecular flexibility index (Phi) is 4.75. The number of carboxylic acids is 1. The van der Waals surface area contributed by atoms with Gasteiger partial charge in [-0.15, -0.1) is 0 Å². The molecule has 21 heavy (non-hydrogen) atoms. The molecule has 0 fully saturated rings. The fourth-order valence-electron chi connectivity index (χ4n) is 1.83. The van der Waals surface area contributed by atoms with Crippen LogP contribution in [0.15, 0.2) is 36.5 Å². The monoisotopic (exact) mass is 300 g/mol. The quantitative estimate of drug-likeness (QED) is 0.789. The Morgan fingerprint density at radius 1 is 1.43 bits per heavy atom. The SMILES string of the molecule is N#CCCn1cc(/C=C/C(=O)[O-])c(-c2ccc(Cl)cc2)n1. The minimum absolute atomic E-state index is 0.325. The molecule has 5 nitrogen and oxygen atoms in total. The van der Waals surface area contributed by atoms with Crippen LogP contribution in [0, 0.1) is 11.3 Å². The van der Waals surface area contributed by atoms with E-state index >= 15 is 0 Å². The van der Waals surface area contributed by atoms with Gasteiger partial charge in [-0.05, 0) is 24.3 Å². The van der Waals surface area contributed by atoms with Crippen molar-refractivity contribution in [1.82, 2.24) is 9.78 Å². The number of hydrogen-bond acceptors (Lipinski definition) is 4. The maximum Gasteiger partial charge on any atom is 0.0995 e. The topological polar surface area (TPSA) is 81.7 Å². The lowest BCUT2D eigenvalue weighted by atomic mass is 10.1. The van der Waals surface area contributed by atoms with Gasteiger partial charge in [0.1, 0.15) is 0 Å². The van der Waals surface area contributed by atoms with Gasteiger partial charge in [0, 0.05) is 22.3 Å². The first-order valence-electron chi connectivity index (χ1n) is 6.19. The molecule has 106 valence electrons. The zero-order valence-corrected chi connectivity index (χ0v) is 11.7. The number of carbonyl (C=O) groups is 1. The number of nitriles is 1. The second kappa shape index (κ2) is 6.73. The maximum absolute atomic E-state index is 10.6. The predicted octanol–water partition coefficient (Wildman–Crippen LogP) is 1.88. The molecule has 0 saturated carbocycles. The summed E-state index contributed by atoms with van der Waals surface area (Å²) in [6.45, 7) is 0.441. The van der Waals surface area contributed by atoms with Crippen molar-refractivity contribution in [2.24, 2.45) is 0 Å². The highest BCUT2D eigenvalue weighted by Crippen LogP contribution is 2.24. The number of rotatable bonds is 5. The van der Waals surface area contributed by atoms with Crippen LogP contribution in [-0.2, 0) is 11.3 Å². The smallest absolute Gasteiger partial charge is 0.0995 e. The molecular formula is C15H11ClN3O2-. The predicted molar refractivity (Wildman–Crippen MR) is 76.9 cm³/mol. The van der Waals surface area contributed by atoms with Crippen LogP contribution >= 0.6 is 11.6 Å². The van der Waals surface area contributed by atoms with Crippen LogP contribution in [0.25, 0.3) is 17.3 Å². The molecule has 1 aromatic carbocycles. The van der Waals surface area contributed by atoms with Gasteiger partial charge in [-0.25, -0.2) is 0 Å². The summed E-state index contributed by atoms with van der Waals surface area (Å²) in [6, 6.07) is 9.11. The van der Waals surface area contributed by atoms with Gasteiger partial charge in [-0.2, -0.15) is 10.4 Å². The minimum atomic E-state index is -1.28. The lowest BCUT2D eigenvalue weighted by Gasteiger charge is -1.99. The van der Waals surface area contributed by atoms with E-state index in [-0.39, 0.29) is 0 Å². The molecule has 0 unspecified atom stereocenters. The van der Waals surface area contributed by atoms with Crippen LogP contribution in [0.3, 0.4) is 0 Å². The van der Waals surface area contributed by atoms with E-state index in [1.807, 2.05) is 6.07 Å². The van der Waals surface area contributed by atoms with E-state index in [1.165, 1.54) is 6.08 Å². The molecular weight excluding hydrogens is 290 g/mol. The molecule has 1 heterocycles. The summed E-state index contributed by atoms with van der Waals surface area (Å²) in [5, 5.41) is 24.2. The summed E-state index contributed by atoms with van der Waals surface area (Å²) < 4.78 is 1.61. The normalized spacial score (nSPS) is 10.7. The Labute approximate surface area is 126 Å². The number of carboxylic acid groups (broad SMARTS) is 1. The Morgan fingerprint density at radius 2 is 2.14 bits per heavy atom. The fourth-order valence-corrected chi connectivity index (χ4v) is 1.95. The third-order valence-electron chi connectivity index (χ3n) is 2.76. The molecule has 0 spiro atoms. The number of hydrogen-bond donors (Lipinski definition) is 0. The summed E-state index contributed by atoms with van der Waals surface area (Å²) in [4.78, 5) is 10.6. The van der Waals surface area contributed by atoms with Crippen LogP contribution < -0.4 is 5.11 Å². The number of aliphatic carboxylic acids is 1. The van der Waals surface area contributed by atoms with Crippen molar-refractivity contribution in [3.05, 3.63) is 47.1 Å². The Balaban J connectivity index is 2.41. The first-order valence-corrected chi connectivity index (χ1v) is 6.57. The van der Waals surface area contributed by atoms with Gasteiger partial charge in [0.2, 0.25) is 0 Å². The molecule has 0 aliphatic heterocycles. The molecule has 0 N–H and O–H groups in total. The van der Waals surface area contributed by atoms with Crippen LogP contribution in [0.4, 0.5) is 0 Å². The highest BCUT2D eigenvalue weighted by atomic mass is 35.5. The lowest BCUT2D eigenvalue weighted by Crippen LogP contribution is -2.18. The zero-order chi connectivity index (χ0) is 15.2. The summed E-state index contributed by atoms with van der Waals surface area (Å²) >= 11 is 5.85. The Hall–Kier alpha value is -2.58. The van der Waals surface area contributed by atoms with Gasteiger partial charge < -0.3 is 9.90 Å². The second-order valence-corrected chi connectivity index (χ2v) is 4.70. The Bertz CT molecular complexity index is 712. The largest absolute Gasteiger partial charge is 0.545 e. The lowest BCUT2D eigenvalue weighted by molar-refractivity contribution is -0.297. The first-order chi connectivity index (χ1) is 10.1. The number of benzene rings is 1. The molecule has 2 rings (SSSR count). The summed E-state index contributed by atoms with van der Waals surface area (Å²) in [6.07, 6.45) is 4.40. The molecule has 2 aromatic rings. The Morgan fingerprint density at radius 3 is 2.76 bits per heavy atom. The number of aryl methyl sites for hydroxylation is 1. The van der Waals surface area contributed by atoms with Crippen molar-refractivity contribution >= 4 is 23.6 Å². The van der Waals surface area contributed by atoms with E-state index in [2.05, 4.69) is 5.10 Å². The average molecular weight is 301 g/mol. The van der Waals surface area contributed by atoms with E-state index in [9.17, 15) is 9.90 Å². The van der Waals surface area contributed by atoms with E-state index in [0.717, 1.165) is 11.6 Å². The van der Waals surface area contributed by atoms with Crippen molar-refractivity contribution in [3.63, 3.8) is 0 Å². The third kappa shape index (κ3) is 3.94. The van der Waals surface area contributed by atoms with Gasteiger partial charge in [0.05, 0.1) is 30.7 Å². The van der Waals surface area contributed by atoms with Crippen molar-refractivity contribution in [1.29, 1.82) is 5.26 Å². The van der Waals surface area contributed by atoms with Crippen LogP contribution in [0.2, 0.25) is 5.02 Å². The van der Waals surface area contributed by atoms with Crippen LogP contribution in [0.5, 0.6) is 0 Å². The van der Waals surface area contributed by atoms with E-state index in [4.69, 9.17) is 16.9 Å². The molecule has 6 heteroatoms. The number of halogens is 1. The fraction of sp³-hybridized carbons (Fsp3) is 0.133. The van der Waals surface area contributed by atoms with Gasteiger partial charge in [-0.1, -0.05) is 23.7 Å². The van der Waals surface area contributed by atoms with Crippen LogP contribution in [0.1, 0.15) is 12.0 Å². The second-order valence-electron chi connectivity index (χ2n) is 4.26. The van der Waals surface area contributed by atoms with E-state index in [1.54, 1.807) is 35.1 Å². The number of nitrogens with zero attached hydrogens (tertiary/aromatic N) is 3. The zero-order valence-electron chi connectivity index (χ0n) is 11.0. The molecule has 1 aromatic heterocycles. The highest BCUT2D eigenvalue weighted by Gasteiger charge is 2.09.